The Kier molecular flexibility index (Phi) is 3.68. The lowest BCUT2D eigenvalue weighted by Gasteiger charge is -2.13. The fraction of sp³-hybridized carbons (Fsp3) is 0.385. The Bertz CT molecular complexity index is 636. The number of rotatable bonds is 3. The lowest BCUT2D eigenvalue weighted by atomic mass is 10.2. The zero-order chi connectivity index (χ0) is 13.3. The maximum atomic E-state index is 12.2. The number of halogens is 1. The second-order valence-corrected chi connectivity index (χ2v) is 4.86. The largest absolute Gasteiger partial charge is 0.338 e. The number of quaternary nitrogens is 1. The van der Waals surface area contributed by atoms with Crippen LogP contribution in [0.4, 0.5) is 0 Å². The van der Waals surface area contributed by atoms with Crippen molar-refractivity contribution in [1.82, 2.24) is 9.55 Å². The molecule has 2 rings (SSSR count). The Hall–Kier alpha value is -1.39. The average Bonchev–Trinajstić information content (AvgIpc) is 2.33. The molecule has 1 heterocycles. The summed E-state index contributed by atoms with van der Waals surface area (Å²) in [5.74, 6) is 0.775. The summed E-state index contributed by atoms with van der Waals surface area (Å²) < 4.78 is 1.62. The van der Waals surface area contributed by atoms with Crippen LogP contribution in [0.1, 0.15) is 25.7 Å². The van der Waals surface area contributed by atoms with Crippen molar-refractivity contribution >= 4 is 22.5 Å². The molecule has 0 amide bonds. The number of nitrogens with two attached hydrogens (primary N) is 1. The molecular formula is C13H17ClN3O+. The van der Waals surface area contributed by atoms with Gasteiger partial charge < -0.3 is 5.32 Å². The van der Waals surface area contributed by atoms with Crippen LogP contribution in [-0.2, 0) is 7.05 Å². The van der Waals surface area contributed by atoms with Crippen LogP contribution in [-0.4, -0.2) is 16.1 Å². The van der Waals surface area contributed by atoms with Crippen molar-refractivity contribution in [2.75, 3.05) is 6.54 Å². The van der Waals surface area contributed by atoms with E-state index in [2.05, 4.69) is 17.2 Å². The van der Waals surface area contributed by atoms with Crippen LogP contribution in [0.15, 0.2) is 23.0 Å². The summed E-state index contributed by atoms with van der Waals surface area (Å²) >= 11 is 5.95. The molecule has 0 aliphatic carbocycles. The lowest BCUT2D eigenvalue weighted by molar-refractivity contribution is -0.691. The molecule has 0 saturated carbocycles. The standard InChI is InChI=1S/C13H16ClN3O/c1-4-15-8(2)12-16-11-7-9(14)5-6-10(11)13(18)17(12)3/h5-8,15H,4H2,1-3H3/p+1/t8-/m0/s1. The summed E-state index contributed by atoms with van der Waals surface area (Å²) in [6.07, 6.45) is 0. The Morgan fingerprint density at radius 2 is 2.22 bits per heavy atom. The molecule has 0 radical (unpaired) electrons. The third kappa shape index (κ3) is 2.26. The van der Waals surface area contributed by atoms with E-state index in [0.717, 1.165) is 12.4 Å². The van der Waals surface area contributed by atoms with Gasteiger partial charge >= 0.3 is 0 Å². The highest BCUT2D eigenvalue weighted by Crippen LogP contribution is 2.16. The number of benzene rings is 1. The quantitative estimate of drug-likeness (QED) is 0.909. The van der Waals surface area contributed by atoms with E-state index in [-0.39, 0.29) is 11.6 Å². The molecule has 18 heavy (non-hydrogen) atoms. The Morgan fingerprint density at radius 1 is 1.50 bits per heavy atom. The third-order valence-electron chi connectivity index (χ3n) is 3.07. The smallest absolute Gasteiger partial charge is 0.261 e. The third-order valence-corrected chi connectivity index (χ3v) is 3.31. The van der Waals surface area contributed by atoms with Gasteiger partial charge in [0.25, 0.3) is 5.56 Å². The molecule has 1 atom stereocenters. The van der Waals surface area contributed by atoms with E-state index < -0.39 is 0 Å². The average molecular weight is 267 g/mol. The van der Waals surface area contributed by atoms with Gasteiger partial charge in [0, 0.05) is 12.1 Å². The summed E-state index contributed by atoms with van der Waals surface area (Å²) in [5.41, 5.74) is 0.639. The minimum Gasteiger partial charge on any atom is -0.338 e. The van der Waals surface area contributed by atoms with Gasteiger partial charge in [-0.2, -0.15) is 0 Å². The molecule has 0 bridgehead atoms. The van der Waals surface area contributed by atoms with Crippen molar-refractivity contribution < 1.29 is 5.32 Å². The van der Waals surface area contributed by atoms with Gasteiger partial charge in [0.05, 0.1) is 17.4 Å². The maximum Gasteiger partial charge on any atom is 0.261 e. The predicted molar refractivity (Wildman–Crippen MR) is 72.9 cm³/mol. The van der Waals surface area contributed by atoms with Gasteiger partial charge in [-0.05, 0) is 32.0 Å². The molecule has 0 spiro atoms. The van der Waals surface area contributed by atoms with E-state index in [9.17, 15) is 4.79 Å². The SMILES string of the molecule is CC[NH2+][C@@H](C)c1nc2cc(Cl)ccc2c(=O)n1C. The van der Waals surface area contributed by atoms with E-state index in [1.165, 1.54) is 0 Å². The summed E-state index contributed by atoms with van der Waals surface area (Å²) in [5, 5.41) is 3.34. The molecule has 96 valence electrons. The molecule has 2 aromatic rings. The fourth-order valence-electron chi connectivity index (χ4n) is 2.13. The van der Waals surface area contributed by atoms with E-state index >= 15 is 0 Å². The van der Waals surface area contributed by atoms with Gasteiger partial charge in [-0.25, -0.2) is 4.98 Å². The van der Waals surface area contributed by atoms with Crippen LogP contribution < -0.4 is 10.9 Å². The van der Waals surface area contributed by atoms with Crippen molar-refractivity contribution in [3.63, 3.8) is 0 Å². The van der Waals surface area contributed by atoms with E-state index in [1.54, 1.807) is 29.8 Å². The van der Waals surface area contributed by atoms with E-state index in [4.69, 9.17) is 11.6 Å². The number of hydrogen-bond acceptors (Lipinski definition) is 2. The monoisotopic (exact) mass is 266 g/mol. The van der Waals surface area contributed by atoms with Crippen LogP contribution >= 0.6 is 11.6 Å². The molecule has 0 aliphatic heterocycles. The summed E-state index contributed by atoms with van der Waals surface area (Å²) in [6.45, 7) is 5.07. The molecule has 1 aromatic heterocycles. The molecule has 0 unspecified atom stereocenters. The first kappa shape index (κ1) is 13.1. The number of aromatic nitrogens is 2. The Balaban J connectivity index is 2.69. The zero-order valence-electron chi connectivity index (χ0n) is 10.8. The van der Waals surface area contributed by atoms with E-state index in [0.29, 0.717) is 15.9 Å². The molecule has 0 aliphatic rings. The minimum atomic E-state index is -0.0250. The molecular weight excluding hydrogens is 250 g/mol. The summed E-state index contributed by atoms with van der Waals surface area (Å²) in [4.78, 5) is 16.8. The first-order chi connectivity index (χ1) is 8.54. The number of fused-ring (bicyclic) bond motifs is 1. The van der Waals surface area contributed by atoms with E-state index in [1.807, 2.05) is 6.92 Å². The van der Waals surface area contributed by atoms with Crippen LogP contribution in [0.5, 0.6) is 0 Å². The van der Waals surface area contributed by atoms with Gasteiger partial charge in [0.15, 0.2) is 5.82 Å². The topological polar surface area (TPSA) is 51.5 Å². The fourth-order valence-corrected chi connectivity index (χ4v) is 2.29. The molecule has 5 heteroatoms. The van der Waals surface area contributed by atoms with Crippen LogP contribution in [0.3, 0.4) is 0 Å². The van der Waals surface area contributed by atoms with Crippen LogP contribution in [0.2, 0.25) is 5.02 Å². The highest BCUT2D eigenvalue weighted by atomic mass is 35.5. The summed E-state index contributed by atoms with van der Waals surface area (Å²) in [6, 6.07) is 5.33. The van der Waals surface area contributed by atoms with Gasteiger partial charge in [0.1, 0.15) is 6.04 Å². The van der Waals surface area contributed by atoms with Gasteiger partial charge in [-0.3, -0.25) is 9.36 Å². The molecule has 0 fully saturated rings. The molecule has 0 saturated heterocycles. The highest BCUT2D eigenvalue weighted by molar-refractivity contribution is 6.31. The molecule has 4 nitrogen and oxygen atoms in total. The van der Waals surface area contributed by atoms with Gasteiger partial charge in [0.2, 0.25) is 0 Å². The summed E-state index contributed by atoms with van der Waals surface area (Å²) in [7, 11) is 1.76. The van der Waals surface area contributed by atoms with Crippen LogP contribution in [0, 0.1) is 0 Å². The Morgan fingerprint density at radius 3 is 2.89 bits per heavy atom. The highest BCUT2D eigenvalue weighted by Gasteiger charge is 2.16. The van der Waals surface area contributed by atoms with Crippen molar-refractivity contribution in [3.8, 4) is 0 Å². The van der Waals surface area contributed by atoms with Gasteiger partial charge in [-0.15, -0.1) is 0 Å². The first-order valence-electron chi connectivity index (χ1n) is 6.04. The predicted octanol–water partition coefficient (Wildman–Crippen LogP) is 1.23. The second kappa shape index (κ2) is 5.08. The lowest BCUT2D eigenvalue weighted by Crippen LogP contribution is -2.84. The molecule has 1 aromatic carbocycles. The Labute approximate surface area is 111 Å². The minimum absolute atomic E-state index is 0.0250. The van der Waals surface area contributed by atoms with Crippen molar-refractivity contribution in [1.29, 1.82) is 0 Å². The van der Waals surface area contributed by atoms with Crippen molar-refractivity contribution in [3.05, 3.63) is 39.4 Å². The van der Waals surface area contributed by atoms with Gasteiger partial charge in [-0.1, -0.05) is 11.6 Å². The second-order valence-electron chi connectivity index (χ2n) is 4.43. The van der Waals surface area contributed by atoms with Crippen molar-refractivity contribution in [2.24, 2.45) is 7.05 Å². The maximum absolute atomic E-state index is 12.2. The van der Waals surface area contributed by atoms with Crippen molar-refractivity contribution in [2.45, 2.75) is 19.9 Å². The molecule has 2 N–H and O–H groups in total. The van der Waals surface area contributed by atoms with Crippen LogP contribution in [0.25, 0.3) is 10.9 Å². The number of hydrogen-bond donors (Lipinski definition) is 1. The zero-order valence-corrected chi connectivity index (χ0v) is 11.5. The number of nitrogens with zero attached hydrogens (tertiary/aromatic N) is 2. The normalized spacial score (nSPS) is 12.9. The first-order valence-corrected chi connectivity index (χ1v) is 6.42.